The van der Waals surface area contributed by atoms with Crippen molar-refractivity contribution >= 4 is 30.1 Å². The Balaban J connectivity index is 0. The van der Waals surface area contributed by atoms with Crippen LogP contribution in [-0.4, -0.2) is 17.7 Å². The maximum absolute atomic E-state index is 9.44. The van der Waals surface area contributed by atoms with Crippen molar-refractivity contribution in [3.05, 3.63) is 60.7 Å². The number of carbonyl (C=O) groups is 2. The quantitative estimate of drug-likeness (QED) is 0.499. The Kier molecular flexibility index (Phi) is 17.1. The summed E-state index contributed by atoms with van der Waals surface area (Å²) in [6, 6.07) is 21.8. The van der Waals surface area contributed by atoms with Gasteiger partial charge >= 0.3 is 0 Å². The van der Waals surface area contributed by atoms with Crippen LogP contribution >= 0.6 is 7.92 Å². The summed E-state index contributed by atoms with van der Waals surface area (Å²) in [4.78, 5) is 18.9. The van der Waals surface area contributed by atoms with Gasteiger partial charge in [0.05, 0.1) is 0 Å². The molecule has 0 aliphatic heterocycles. The maximum atomic E-state index is 9.44. The van der Waals surface area contributed by atoms with Crippen LogP contribution in [0.2, 0.25) is 0 Å². The maximum Gasteiger partial charge on any atom is 0.126 e. The number of ketones is 2. The second kappa shape index (κ2) is 16.3. The molecule has 0 atom stereocenters. The molecule has 0 saturated heterocycles. The molecule has 0 bridgehead atoms. The summed E-state index contributed by atoms with van der Waals surface area (Å²) in [6.07, 6.45) is 2.53. The molecule has 0 N–H and O–H groups in total. The van der Waals surface area contributed by atoms with E-state index in [9.17, 15) is 9.59 Å². The van der Waals surface area contributed by atoms with E-state index in [0.29, 0.717) is 0 Å². The molecular weight excluding hydrogens is 422 g/mol. The van der Waals surface area contributed by atoms with Gasteiger partial charge in [0, 0.05) is 20.4 Å². The molecule has 25 heavy (non-hydrogen) atoms. The molecule has 2 aromatic rings. The average Bonchev–Trinajstić information content (AvgIpc) is 2.53. The summed E-state index contributed by atoms with van der Waals surface area (Å²) >= 11 is 0. The number of benzene rings is 2. The summed E-state index contributed by atoms with van der Waals surface area (Å²) in [5.74, 6) is 0.333. The van der Waals surface area contributed by atoms with Gasteiger partial charge in [-0.25, -0.2) is 0 Å². The van der Waals surface area contributed by atoms with E-state index in [1.165, 1.54) is 50.9 Å². The molecule has 2 aromatic carbocycles. The first kappa shape index (κ1) is 26.1. The average molecular weight is 451 g/mol. The van der Waals surface area contributed by atoms with Crippen LogP contribution in [0.15, 0.2) is 60.7 Å². The van der Waals surface area contributed by atoms with E-state index in [-0.39, 0.29) is 39.9 Å². The molecule has 0 amide bonds. The second-order valence-corrected chi connectivity index (χ2v) is 7.98. The van der Waals surface area contributed by atoms with Gasteiger partial charge in [0.25, 0.3) is 0 Å². The summed E-state index contributed by atoms with van der Waals surface area (Å²) < 4.78 is 0. The van der Waals surface area contributed by atoms with E-state index in [0.717, 1.165) is 0 Å². The Hall–Kier alpha value is -1.13. The first-order valence-electron chi connectivity index (χ1n) is 8.20. The van der Waals surface area contributed by atoms with Gasteiger partial charge in [0.15, 0.2) is 0 Å². The Morgan fingerprint density at radius 1 is 0.720 bits per heavy atom. The first-order chi connectivity index (χ1) is 11.4. The fourth-order valence-corrected chi connectivity index (χ4v) is 4.17. The normalized spacial score (nSPS) is 8.88. The van der Waals surface area contributed by atoms with Crippen LogP contribution in [0.1, 0.15) is 41.0 Å². The second-order valence-electron chi connectivity index (χ2n) is 5.64. The monoisotopic (exact) mass is 450 g/mol. The molecule has 0 aliphatic rings. The Morgan fingerprint density at radius 2 is 1.00 bits per heavy atom. The van der Waals surface area contributed by atoms with E-state index in [1.807, 2.05) is 0 Å². The third-order valence-electron chi connectivity index (χ3n) is 2.58. The van der Waals surface area contributed by atoms with Gasteiger partial charge < -0.3 is 9.59 Å². The standard InChI is InChI=1S/C15H17P.2C3H6O.Pd/c1-2-13-16(14-9-5-3-6-10-14)15-11-7-4-8-12-15;2*1-3(2)4;/h3-12H,2,13H2,1H3;2*1-2H3;. The van der Waals surface area contributed by atoms with Gasteiger partial charge in [-0.05, 0) is 52.4 Å². The van der Waals surface area contributed by atoms with Gasteiger partial charge in [0.1, 0.15) is 11.6 Å². The summed E-state index contributed by atoms with van der Waals surface area (Å²) in [6.45, 7) is 8.38. The predicted molar refractivity (Wildman–Crippen MR) is 107 cm³/mol. The minimum Gasteiger partial charge on any atom is -0.300 e. The van der Waals surface area contributed by atoms with Crippen LogP contribution in [0.25, 0.3) is 0 Å². The van der Waals surface area contributed by atoms with Gasteiger partial charge in [-0.1, -0.05) is 74.0 Å². The summed E-state index contributed by atoms with van der Waals surface area (Å²) in [5.41, 5.74) is 0. The Labute approximate surface area is 167 Å². The Bertz CT molecular complexity index is 526. The van der Waals surface area contributed by atoms with Crippen LogP contribution in [0.3, 0.4) is 0 Å². The summed E-state index contributed by atoms with van der Waals surface area (Å²) in [5, 5.41) is 2.98. The first-order valence-corrected chi connectivity index (χ1v) is 9.73. The number of hydrogen-bond acceptors (Lipinski definition) is 2. The molecule has 0 radical (unpaired) electrons. The molecule has 0 fully saturated rings. The van der Waals surface area contributed by atoms with E-state index >= 15 is 0 Å². The van der Waals surface area contributed by atoms with E-state index in [2.05, 4.69) is 67.6 Å². The van der Waals surface area contributed by atoms with Crippen molar-refractivity contribution in [3.63, 3.8) is 0 Å². The number of rotatable bonds is 4. The van der Waals surface area contributed by atoms with Crippen LogP contribution in [0, 0.1) is 0 Å². The van der Waals surface area contributed by atoms with Crippen molar-refractivity contribution in [2.45, 2.75) is 41.0 Å². The van der Waals surface area contributed by atoms with E-state index < -0.39 is 0 Å². The fraction of sp³-hybridized carbons (Fsp3) is 0.333. The smallest absolute Gasteiger partial charge is 0.126 e. The minimum absolute atomic E-state index is 0. The molecule has 4 heteroatoms. The van der Waals surface area contributed by atoms with Crippen molar-refractivity contribution in [1.82, 2.24) is 0 Å². The molecular formula is C21H29O2PPd. The fourth-order valence-electron chi connectivity index (χ4n) is 1.85. The van der Waals surface area contributed by atoms with Gasteiger partial charge in [-0.3, -0.25) is 0 Å². The zero-order valence-electron chi connectivity index (χ0n) is 15.8. The zero-order valence-corrected chi connectivity index (χ0v) is 18.2. The van der Waals surface area contributed by atoms with Crippen LogP contribution in [-0.2, 0) is 30.0 Å². The third-order valence-corrected chi connectivity index (χ3v) is 5.32. The Morgan fingerprint density at radius 3 is 1.24 bits per heavy atom. The van der Waals surface area contributed by atoms with Crippen molar-refractivity contribution in [3.8, 4) is 0 Å². The molecule has 0 aliphatic carbocycles. The van der Waals surface area contributed by atoms with Crippen LogP contribution in [0.4, 0.5) is 0 Å². The van der Waals surface area contributed by atoms with Crippen LogP contribution in [0.5, 0.6) is 0 Å². The minimum atomic E-state index is -0.151. The molecule has 140 valence electrons. The third kappa shape index (κ3) is 14.9. The topological polar surface area (TPSA) is 34.1 Å². The molecule has 0 unspecified atom stereocenters. The van der Waals surface area contributed by atoms with Gasteiger partial charge in [-0.15, -0.1) is 0 Å². The van der Waals surface area contributed by atoms with E-state index in [4.69, 9.17) is 0 Å². The van der Waals surface area contributed by atoms with E-state index in [1.54, 1.807) is 0 Å². The molecule has 0 spiro atoms. The summed E-state index contributed by atoms with van der Waals surface area (Å²) in [7, 11) is -0.151. The van der Waals surface area contributed by atoms with Crippen molar-refractivity contribution in [2.75, 3.05) is 6.16 Å². The zero-order chi connectivity index (χ0) is 18.4. The SMILES string of the molecule is CC(C)=O.CC(C)=O.CCCP(c1ccccc1)c1ccccc1.[Pd]. The molecule has 0 saturated carbocycles. The predicted octanol–water partition coefficient (Wildman–Crippen LogP) is 4.72. The van der Waals surface area contributed by atoms with Crippen molar-refractivity contribution < 1.29 is 30.0 Å². The molecule has 2 rings (SSSR count). The van der Waals surface area contributed by atoms with Crippen molar-refractivity contribution in [2.24, 2.45) is 0 Å². The van der Waals surface area contributed by atoms with Gasteiger partial charge in [0.2, 0.25) is 0 Å². The number of hydrogen-bond donors (Lipinski definition) is 0. The van der Waals surface area contributed by atoms with Crippen LogP contribution < -0.4 is 10.6 Å². The molecule has 2 nitrogen and oxygen atoms in total. The molecule has 0 heterocycles. The number of carbonyl (C=O) groups excluding carboxylic acids is 2. The molecule has 0 aromatic heterocycles. The number of Topliss-reactive ketones (excluding diaryl/α,β-unsaturated/α-hetero) is 2. The van der Waals surface area contributed by atoms with Gasteiger partial charge in [-0.2, -0.15) is 0 Å². The van der Waals surface area contributed by atoms with Crippen molar-refractivity contribution in [1.29, 1.82) is 0 Å². The largest absolute Gasteiger partial charge is 0.300 e.